The number of aryl methyl sites for hydroxylation is 1. The quantitative estimate of drug-likeness (QED) is 0.924. The summed E-state index contributed by atoms with van der Waals surface area (Å²) in [5, 5.41) is 8.32. The summed E-state index contributed by atoms with van der Waals surface area (Å²) in [6, 6.07) is 10.7. The number of nitrogens with zero attached hydrogens (tertiary/aromatic N) is 3. The van der Waals surface area contributed by atoms with Crippen LogP contribution in [0.15, 0.2) is 30.3 Å². The van der Waals surface area contributed by atoms with Crippen molar-refractivity contribution >= 4 is 0 Å². The van der Waals surface area contributed by atoms with Gasteiger partial charge in [-0.1, -0.05) is 30.3 Å². The van der Waals surface area contributed by atoms with Crippen molar-refractivity contribution in [1.29, 1.82) is 0 Å². The minimum atomic E-state index is 0.590. The summed E-state index contributed by atoms with van der Waals surface area (Å²) in [5.41, 5.74) is 5.27. The molecular formula is C20H28N4O. The molecule has 1 saturated heterocycles. The molecular weight excluding hydrogens is 312 g/mol. The highest BCUT2D eigenvalue weighted by Gasteiger charge is 2.24. The Balaban J connectivity index is 1.48. The SMILES string of the molecule is Cn1nc2c(c1-c1ccccc1)CCN(CC1CNCCOC1)CC2. The van der Waals surface area contributed by atoms with Crippen LogP contribution in [0.2, 0.25) is 0 Å². The van der Waals surface area contributed by atoms with Gasteiger partial charge in [-0.25, -0.2) is 0 Å². The first-order chi connectivity index (χ1) is 12.3. The second-order valence-electron chi connectivity index (χ2n) is 7.21. The molecule has 5 nitrogen and oxygen atoms in total. The molecule has 0 aliphatic carbocycles. The predicted molar refractivity (Wildman–Crippen MR) is 99.7 cm³/mol. The van der Waals surface area contributed by atoms with Crippen molar-refractivity contribution in [3.63, 3.8) is 0 Å². The van der Waals surface area contributed by atoms with E-state index in [0.29, 0.717) is 5.92 Å². The molecule has 5 heteroatoms. The lowest BCUT2D eigenvalue weighted by atomic mass is 10.0. The molecule has 0 radical (unpaired) electrons. The zero-order chi connectivity index (χ0) is 17.1. The normalized spacial score (nSPS) is 22.2. The molecule has 3 heterocycles. The number of aromatic nitrogens is 2. The van der Waals surface area contributed by atoms with Crippen molar-refractivity contribution < 1.29 is 4.74 Å². The minimum absolute atomic E-state index is 0.590. The van der Waals surface area contributed by atoms with Crippen molar-refractivity contribution in [2.75, 3.05) is 45.9 Å². The summed E-state index contributed by atoms with van der Waals surface area (Å²) < 4.78 is 7.78. The monoisotopic (exact) mass is 340 g/mol. The maximum absolute atomic E-state index is 5.71. The van der Waals surface area contributed by atoms with Crippen molar-refractivity contribution in [1.82, 2.24) is 20.0 Å². The summed E-state index contributed by atoms with van der Waals surface area (Å²) in [5.74, 6) is 0.590. The first kappa shape index (κ1) is 16.8. The number of ether oxygens (including phenoxy) is 1. The van der Waals surface area contributed by atoms with Crippen molar-refractivity contribution in [3.8, 4) is 11.3 Å². The Morgan fingerprint density at radius 3 is 2.92 bits per heavy atom. The van der Waals surface area contributed by atoms with Crippen LogP contribution in [-0.2, 0) is 24.6 Å². The van der Waals surface area contributed by atoms with E-state index in [-0.39, 0.29) is 0 Å². The van der Waals surface area contributed by atoms with Gasteiger partial charge in [0.15, 0.2) is 0 Å². The van der Waals surface area contributed by atoms with E-state index in [1.807, 2.05) is 0 Å². The van der Waals surface area contributed by atoms with Crippen LogP contribution in [0, 0.1) is 5.92 Å². The summed E-state index contributed by atoms with van der Waals surface area (Å²) in [4.78, 5) is 2.59. The van der Waals surface area contributed by atoms with Gasteiger partial charge in [0, 0.05) is 63.2 Å². The number of hydrogen-bond donors (Lipinski definition) is 1. The topological polar surface area (TPSA) is 42.3 Å². The van der Waals surface area contributed by atoms with Gasteiger partial charge in [0.05, 0.1) is 24.6 Å². The highest BCUT2D eigenvalue weighted by molar-refractivity contribution is 5.64. The van der Waals surface area contributed by atoms with Gasteiger partial charge in [-0.2, -0.15) is 5.10 Å². The minimum Gasteiger partial charge on any atom is -0.380 e. The smallest absolute Gasteiger partial charge is 0.0714 e. The van der Waals surface area contributed by atoms with E-state index in [2.05, 4.69) is 52.3 Å². The predicted octanol–water partition coefficient (Wildman–Crippen LogP) is 1.72. The molecule has 0 amide bonds. The Morgan fingerprint density at radius 2 is 2.04 bits per heavy atom. The third kappa shape index (κ3) is 3.78. The molecule has 2 aliphatic heterocycles. The Bertz CT molecular complexity index is 689. The van der Waals surface area contributed by atoms with E-state index in [4.69, 9.17) is 9.84 Å². The zero-order valence-corrected chi connectivity index (χ0v) is 15.1. The van der Waals surface area contributed by atoms with E-state index in [1.165, 1.54) is 22.5 Å². The molecule has 1 aromatic heterocycles. The van der Waals surface area contributed by atoms with E-state index in [0.717, 1.165) is 58.8 Å². The molecule has 1 N–H and O–H groups in total. The van der Waals surface area contributed by atoms with Crippen LogP contribution in [0.5, 0.6) is 0 Å². The lowest BCUT2D eigenvalue weighted by Crippen LogP contribution is -2.37. The fraction of sp³-hybridized carbons (Fsp3) is 0.550. The maximum atomic E-state index is 5.71. The summed E-state index contributed by atoms with van der Waals surface area (Å²) >= 11 is 0. The summed E-state index contributed by atoms with van der Waals surface area (Å²) in [7, 11) is 2.07. The largest absolute Gasteiger partial charge is 0.380 e. The second-order valence-corrected chi connectivity index (χ2v) is 7.21. The van der Waals surface area contributed by atoms with E-state index >= 15 is 0 Å². The number of fused-ring (bicyclic) bond motifs is 1. The number of hydrogen-bond acceptors (Lipinski definition) is 4. The fourth-order valence-corrected chi connectivity index (χ4v) is 4.11. The lowest BCUT2D eigenvalue weighted by molar-refractivity contribution is 0.105. The van der Waals surface area contributed by atoms with Gasteiger partial charge in [0.2, 0.25) is 0 Å². The maximum Gasteiger partial charge on any atom is 0.0714 e. The van der Waals surface area contributed by atoms with Crippen LogP contribution in [0.25, 0.3) is 11.3 Å². The standard InChI is InChI=1S/C20H28N4O/c1-23-20(17-5-3-2-4-6-17)18-7-10-24(11-8-19(18)22-23)14-16-13-21-9-12-25-15-16/h2-6,16,21H,7-15H2,1H3. The highest BCUT2D eigenvalue weighted by Crippen LogP contribution is 2.28. The molecule has 1 fully saturated rings. The number of rotatable bonds is 3. The summed E-state index contributed by atoms with van der Waals surface area (Å²) in [6.07, 6.45) is 2.12. The molecule has 25 heavy (non-hydrogen) atoms. The van der Waals surface area contributed by atoms with Gasteiger partial charge in [-0.05, 0) is 6.42 Å². The molecule has 1 atom stereocenters. The van der Waals surface area contributed by atoms with Crippen LogP contribution >= 0.6 is 0 Å². The molecule has 1 aromatic carbocycles. The van der Waals surface area contributed by atoms with Crippen molar-refractivity contribution in [2.24, 2.45) is 13.0 Å². The van der Waals surface area contributed by atoms with E-state index < -0.39 is 0 Å². The second kappa shape index (κ2) is 7.68. The van der Waals surface area contributed by atoms with Crippen molar-refractivity contribution in [3.05, 3.63) is 41.6 Å². The number of benzene rings is 1. The highest BCUT2D eigenvalue weighted by atomic mass is 16.5. The zero-order valence-electron chi connectivity index (χ0n) is 15.1. The molecule has 0 saturated carbocycles. The van der Waals surface area contributed by atoms with Gasteiger partial charge < -0.3 is 15.0 Å². The Labute approximate surface area is 150 Å². The summed E-state index contributed by atoms with van der Waals surface area (Å²) in [6.45, 7) is 7.08. The third-order valence-corrected chi connectivity index (χ3v) is 5.34. The van der Waals surface area contributed by atoms with Gasteiger partial charge in [-0.3, -0.25) is 4.68 Å². The molecule has 0 spiro atoms. The Kier molecular flexibility index (Phi) is 5.15. The molecule has 2 aromatic rings. The average molecular weight is 340 g/mol. The molecule has 134 valence electrons. The Hall–Kier alpha value is -1.69. The van der Waals surface area contributed by atoms with Gasteiger partial charge in [0.1, 0.15) is 0 Å². The third-order valence-electron chi connectivity index (χ3n) is 5.34. The molecule has 1 unspecified atom stereocenters. The Morgan fingerprint density at radius 1 is 1.20 bits per heavy atom. The van der Waals surface area contributed by atoms with Gasteiger partial charge >= 0.3 is 0 Å². The van der Waals surface area contributed by atoms with Gasteiger partial charge in [-0.15, -0.1) is 0 Å². The van der Waals surface area contributed by atoms with Crippen LogP contribution < -0.4 is 5.32 Å². The molecule has 2 aliphatic rings. The van der Waals surface area contributed by atoms with Crippen molar-refractivity contribution in [2.45, 2.75) is 12.8 Å². The van der Waals surface area contributed by atoms with E-state index in [1.54, 1.807) is 0 Å². The fourth-order valence-electron chi connectivity index (χ4n) is 4.11. The van der Waals surface area contributed by atoms with Crippen LogP contribution in [0.3, 0.4) is 0 Å². The van der Waals surface area contributed by atoms with Crippen LogP contribution in [-0.4, -0.2) is 60.6 Å². The number of nitrogens with one attached hydrogen (secondary N) is 1. The average Bonchev–Trinajstić information content (AvgIpc) is 2.82. The van der Waals surface area contributed by atoms with Gasteiger partial charge in [0.25, 0.3) is 0 Å². The lowest BCUT2D eigenvalue weighted by Gasteiger charge is -2.25. The van der Waals surface area contributed by atoms with E-state index in [9.17, 15) is 0 Å². The molecule has 0 bridgehead atoms. The van der Waals surface area contributed by atoms with Crippen LogP contribution in [0.4, 0.5) is 0 Å². The molecule has 4 rings (SSSR count). The van der Waals surface area contributed by atoms with Crippen LogP contribution in [0.1, 0.15) is 11.3 Å². The first-order valence-electron chi connectivity index (χ1n) is 9.42. The first-order valence-corrected chi connectivity index (χ1v) is 9.42.